The summed E-state index contributed by atoms with van der Waals surface area (Å²) < 4.78 is 0. The molecule has 6 rings (SSSR count). The second-order valence-corrected chi connectivity index (χ2v) is 13.3. The first kappa shape index (κ1) is 25.6. The topological polar surface area (TPSA) is 66.2 Å². The van der Waals surface area contributed by atoms with Crippen LogP contribution in [0.3, 0.4) is 0 Å². The van der Waals surface area contributed by atoms with Crippen molar-refractivity contribution in [1.29, 1.82) is 0 Å². The highest BCUT2D eigenvalue weighted by molar-refractivity contribution is 7.23. The Kier molecular flexibility index (Phi) is 6.85. The lowest BCUT2D eigenvalue weighted by molar-refractivity contribution is 0.0215. The molecule has 4 aromatic rings. The van der Waals surface area contributed by atoms with Gasteiger partial charge in [0.2, 0.25) is 0 Å². The molecule has 2 aliphatic carbocycles. The van der Waals surface area contributed by atoms with E-state index in [-0.39, 0.29) is 0 Å². The van der Waals surface area contributed by atoms with E-state index >= 15 is 0 Å². The number of aliphatic hydroxyl groups is 2. The first-order valence-corrected chi connectivity index (χ1v) is 15.2. The van der Waals surface area contributed by atoms with E-state index in [4.69, 9.17) is 9.97 Å². The van der Waals surface area contributed by atoms with Crippen LogP contribution in [0.4, 0.5) is 0 Å². The maximum absolute atomic E-state index is 11.4. The quantitative estimate of drug-likeness (QED) is 0.249. The monoisotopic (exact) mass is 542 g/mol. The van der Waals surface area contributed by atoms with Crippen LogP contribution >= 0.6 is 22.7 Å². The van der Waals surface area contributed by atoms with Crippen molar-refractivity contribution in [3.05, 3.63) is 83.0 Å². The summed E-state index contributed by atoms with van der Waals surface area (Å²) in [7, 11) is 0. The van der Waals surface area contributed by atoms with Crippen LogP contribution in [0.1, 0.15) is 75.3 Å². The van der Waals surface area contributed by atoms with E-state index < -0.39 is 11.2 Å². The van der Waals surface area contributed by atoms with E-state index in [9.17, 15) is 10.2 Å². The Hall–Kier alpha value is -2.64. The van der Waals surface area contributed by atoms with Crippen molar-refractivity contribution in [2.45, 2.75) is 75.9 Å². The van der Waals surface area contributed by atoms with Crippen LogP contribution in [0.2, 0.25) is 0 Å². The molecule has 1 fully saturated rings. The van der Waals surface area contributed by atoms with Gasteiger partial charge in [-0.2, -0.15) is 0 Å². The number of benzene rings is 2. The Balaban J connectivity index is 1.34. The van der Waals surface area contributed by atoms with Gasteiger partial charge in [-0.25, -0.2) is 9.97 Å². The molecule has 196 valence electrons. The van der Waals surface area contributed by atoms with Gasteiger partial charge in [0.1, 0.15) is 15.6 Å². The zero-order valence-electron chi connectivity index (χ0n) is 22.0. The zero-order valence-corrected chi connectivity index (χ0v) is 23.6. The highest BCUT2D eigenvalue weighted by Crippen LogP contribution is 2.45. The molecule has 2 heterocycles. The molecule has 0 bridgehead atoms. The number of hydrogen-bond acceptors (Lipinski definition) is 6. The maximum Gasteiger partial charge on any atom is 0.136 e. The SMILES string of the molecule is CC1=CCCC(O)(c2ncc(-c3nc(-c4ccc([C@H]5CC[C@@](C)(O)C5)cc4)c(-c4ccccc4)s3)s2)CC1. The summed E-state index contributed by atoms with van der Waals surface area (Å²) in [6.07, 6.45) is 10.0. The molecular formula is C32H34N2O2S2. The van der Waals surface area contributed by atoms with E-state index in [0.29, 0.717) is 18.8 Å². The largest absolute Gasteiger partial charge is 0.390 e. The van der Waals surface area contributed by atoms with Gasteiger partial charge in [0.05, 0.1) is 21.0 Å². The van der Waals surface area contributed by atoms with Gasteiger partial charge in [-0.15, -0.1) is 22.7 Å². The minimum absolute atomic E-state index is 0.406. The van der Waals surface area contributed by atoms with E-state index in [2.05, 4.69) is 61.5 Å². The van der Waals surface area contributed by atoms with Crippen molar-refractivity contribution in [2.24, 2.45) is 0 Å². The van der Waals surface area contributed by atoms with Crippen molar-refractivity contribution in [3.63, 3.8) is 0 Å². The van der Waals surface area contributed by atoms with Crippen molar-refractivity contribution in [3.8, 4) is 31.6 Å². The van der Waals surface area contributed by atoms with E-state index in [1.165, 1.54) is 11.1 Å². The van der Waals surface area contributed by atoms with E-state index in [0.717, 1.165) is 68.7 Å². The third-order valence-corrected chi connectivity index (χ3v) is 10.6. The Labute approximate surface area is 232 Å². The van der Waals surface area contributed by atoms with Gasteiger partial charge in [-0.05, 0) is 75.8 Å². The molecule has 2 aromatic carbocycles. The molecule has 0 amide bonds. The molecule has 6 heteroatoms. The first-order valence-electron chi connectivity index (χ1n) is 13.5. The third kappa shape index (κ3) is 5.15. The lowest BCUT2D eigenvalue weighted by Crippen LogP contribution is -2.24. The normalized spacial score (nSPS) is 25.8. The molecule has 1 saturated carbocycles. The molecule has 3 atom stereocenters. The van der Waals surface area contributed by atoms with Crippen molar-refractivity contribution in [2.75, 3.05) is 0 Å². The van der Waals surface area contributed by atoms with Crippen LogP contribution in [0.15, 0.2) is 72.4 Å². The van der Waals surface area contributed by atoms with Gasteiger partial charge in [-0.1, -0.05) is 66.2 Å². The summed E-state index contributed by atoms with van der Waals surface area (Å²) in [5.74, 6) is 0.406. The fourth-order valence-electron chi connectivity index (χ4n) is 5.81. The predicted octanol–water partition coefficient (Wildman–Crippen LogP) is 8.33. The number of nitrogens with zero attached hydrogens (tertiary/aromatic N) is 2. The Morgan fingerprint density at radius 3 is 2.45 bits per heavy atom. The number of rotatable bonds is 5. The second kappa shape index (κ2) is 10.2. The highest BCUT2D eigenvalue weighted by Gasteiger charge is 2.34. The van der Waals surface area contributed by atoms with E-state index in [1.807, 2.05) is 19.2 Å². The maximum atomic E-state index is 11.4. The number of thiazole rings is 2. The predicted molar refractivity (Wildman–Crippen MR) is 157 cm³/mol. The average molecular weight is 543 g/mol. The lowest BCUT2D eigenvalue weighted by Gasteiger charge is -2.23. The molecule has 1 unspecified atom stereocenters. The zero-order chi connectivity index (χ0) is 26.3. The van der Waals surface area contributed by atoms with Crippen molar-refractivity contribution >= 4 is 22.7 Å². The summed E-state index contributed by atoms with van der Waals surface area (Å²) in [5.41, 5.74) is 4.42. The van der Waals surface area contributed by atoms with Crippen LogP contribution in [0.5, 0.6) is 0 Å². The van der Waals surface area contributed by atoms with Gasteiger partial charge in [0.15, 0.2) is 0 Å². The minimum atomic E-state index is -0.875. The highest BCUT2D eigenvalue weighted by atomic mass is 32.1. The second-order valence-electron chi connectivity index (χ2n) is 11.3. The smallest absolute Gasteiger partial charge is 0.136 e. The molecule has 2 aliphatic rings. The molecule has 4 nitrogen and oxygen atoms in total. The summed E-state index contributed by atoms with van der Waals surface area (Å²) in [6.45, 7) is 4.09. The standard InChI is InChI=1S/C32H34N2O2S2/c1-21-7-6-16-32(36,18-14-21)30-33-20-26(37-30)29-34-27(28(38-29)24-8-4-3-5-9-24)23-12-10-22(11-13-23)25-15-17-31(2,35)19-25/h3-5,7-13,20,25,35-36H,6,14-19H2,1-2H3/t25-,31+,32?/m0/s1. The van der Waals surface area contributed by atoms with Gasteiger partial charge in [0, 0.05) is 11.8 Å². The van der Waals surface area contributed by atoms with Gasteiger partial charge >= 0.3 is 0 Å². The fourth-order valence-corrected chi connectivity index (χ4v) is 8.01. The molecule has 0 spiro atoms. The van der Waals surface area contributed by atoms with Crippen LogP contribution in [-0.4, -0.2) is 25.8 Å². The van der Waals surface area contributed by atoms with Gasteiger partial charge in [0.25, 0.3) is 0 Å². The number of aromatic nitrogens is 2. The molecule has 2 N–H and O–H groups in total. The Morgan fingerprint density at radius 1 is 0.921 bits per heavy atom. The minimum Gasteiger partial charge on any atom is -0.390 e. The molecule has 0 saturated heterocycles. The molecule has 2 aromatic heterocycles. The van der Waals surface area contributed by atoms with E-state index in [1.54, 1.807) is 22.7 Å². The lowest BCUT2D eigenvalue weighted by atomic mass is 9.94. The summed E-state index contributed by atoms with van der Waals surface area (Å²) >= 11 is 3.26. The van der Waals surface area contributed by atoms with Crippen molar-refractivity contribution < 1.29 is 10.2 Å². The first-order chi connectivity index (χ1) is 18.3. The molecule has 0 aliphatic heterocycles. The summed E-state index contributed by atoms with van der Waals surface area (Å²) in [5, 5.41) is 23.6. The summed E-state index contributed by atoms with van der Waals surface area (Å²) in [6, 6.07) is 19.2. The van der Waals surface area contributed by atoms with Crippen LogP contribution < -0.4 is 0 Å². The molecule has 38 heavy (non-hydrogen) atoms. The fraction of sp³-hybridized carbons (Fsp3) is 0.375. The Morgan fingerprint density at radius 2 is 1.71 bits per heavy atom. The van der Waals surface area contributed by atoms with Gasteiger partial charge in [-0.3, -0.25) is 0 Å². The third-order valence-electron chi connectivity index (χ3n) is 8.13. The number of hydrogen-bond donors (Lipinski definition) is 2. The Bertz CT molecular complexity index is 1450. The number of allylic oxidation sites excluding steroid dienone is 2. The molecular weight excluding hydrogens is 508 g/mol. The van der Waals surface area contributed by atoms with Crippen molar-refractivity contribution in [1.82, 2.24) is 9.97 Å². The molecule has 0 radical (unpaired) electrons. The summed E-state index contributed by atoms with van der Waals surface area (Å²) in [4.78, 5) is 12.0. The van der Waals surface area contributed by atoms with Crippen LogP contribution in [0, 0.1) is 0 Å². The van der Waals surface area contributed by atoms with Crippen LogP contribution in [0.25, 0.3) is 31.6 Å². The van der Waals surface area contributed by atoms with Crippen LogP contribution in [-0.2, 0) is 5.60 Å². The van der Waals surface area contributed by atoms with Gasteiger partial charge < -0.3 is 10.2 Å². The average Bonchev–Trinajstić information content (AvgIpc) is 3.64.